The maximum absolute atomic E-state index is 3.42. The van der Waals surface area contributed by atoms with Crippen LogP contribution in [0, 0.1) is 0 Å². The van der Waals surface area contributed by atoms with Crippen molar-refractivity contribution in [1.29, 1.82) is 0 Å². The summed E-state index contributed by atoms with van der Waals surface area (Å²) < 4.78 is 0. The van der Waals surface area contributed by atoms with E-state index in [4.69, 9.17) is 0 Å². The molecule has 0 aromatic heterocycles. The van der Waals surface area contributed by atoms with Crippen molar-refractivity contribution >= 4 is 5.69 Å². The van der Waals surface area contributed by atoms with Crippen LogP contribution in [0.1, 0.15) is 37.8 Å². The molecule has 0 fully saturated rings. The fourth-order valence-corrected chi connectivity index (χ4v) is 2.61. The van der Waals surface area contributed by atoms with Gasteiger partial charge in [0, 0.05) is 18.8 Å². The molecule has 100 valence electrons. The summed E-state index contributed by atoms with van der Waals surface area (Å²) in [5.41, 5.74) is 4.34. The van der Waals surface area contributed by atoms with Gasteiger partial charge < -0.3 is 10.2 Å². The van der Waals surface area contributed by atoms with E-state index in [0.29, 0.717) is 0 Å². The quantitative estimate of drug-likeness (QED) is 0.794. The number of rotatable bonds is 7. The lowest BCUT2D eigenvalue weighted by Crippen LogP contribution is -2.26. The first kappa shape index (κ1) is 13.4. The van der Waals surface area contributed by atoms with Gasteiger partial charge in [-0.1, -0.05) is 32.4 Å². The lowest BCUT2D eigenvalue weighted by Gasteiger charge is -2.20. The molecule has 0 saturated carbocycles. The minimum Gasteiger partial charge on any atom is -0.384 e. The molecular formula is C16H26N2. The van der Waals surface area contributed by atoms with Gasteiger partial charge in [-0.3, -0.25) is 0 Å². The average Bonchev–Trinajstić information content (AvgIpc) is 2.86. The van der Waals surface area contributed by atoms with Crippen LogP contribution in [0.15, 0.2) is 18.2 Å². The molecule has 2 heteroatoms. The summed E-state index contributed by atoms with van der Waals surface area (Å²) >= 11 is 0. The highest BCUT2D eigenvalue weighted by Gasteiger charge is 2.10. The van der Waals surface area contributed by atoms with Crippen LogP contribution in [0.5, 0.6) is 0 Å². The Balaban J connectivity index is 1.85. The molecule has 1 aliphatic heterocycles. The van der Waals surface area contributed by atoms with Crippen molar-refractivity contribution in [3.8, 4) is 0 Å². The third-order valence-electron chi connectivity index (χ3n) is 3.87. The van der Waals surface area contributed by atoms with E-state index >= 15 is 0 Å². The van der Waals surface area contributed by atoms with Gasteiger partial charge in [-0.25, -0.2) is 0 Å². The van der Waals surface area contributed by atoms with Crippen LogP contribution < -0.4 is 5.32 Å². The first-order chi connectivity index (χ1) is 8.83. The van der Waals surface area contributed by atoms with Crippen LogP contribution in [0.4, 0.5) is 5.69 Å². The molecule has 2 nitrogen and oxygen atoms in total. The van der Waals surface area contributed by atoms with E-state index in [1.807, 2.05) is 0 Å². The Labute approximate surface area is 111 Å². The van der Waals surface area contributed by atoms with Crippen molar-refractivity contribution in [2.45, 2.75) is 39.5 Å². The highest BCUT2D eigenvalue weighted by molar-refractivity contribution is 5.56. The fourth-order valence-electron chi connectivity index (χ4n) is 2.61. The predicted molar refractivity (Wildman–Crippen MR) is 79.4 cm³/mol. The molecule has 18 heavy (non-hydrogen) atoms. The lowest BCUT2D eigenvalue weighted by atomic mass is 10.1. The van der Waals surface area contributed by atoms with Crippen LogP contribution in [-0.2, 0) is 12.8 Å². The van der Waals surface area contributed by atoms with Crippen molar-refractivity contribution in [1.82, 2.24) is 4.90 Å². The highest BCUT2D eigenvalue weighted by atomic mass is 15.1. The molecule has 1 aliphatic rings. The molecule has 0 aliphatic carbocycles. The van der Waals surface area contributed by atoms with Gasteiger partial charge in [0.05, 0.1) is 0 Å². The topological polar surface area (TPSA) is 15.3 Å². The van der Waals surface area contributed by atoms with Crippen LogP contribution in [0.2, 0.25) is 0 Å². The normalized spacial score (nSPS) is 13.7. The monoisotopic (exact) mass is 246 g/mol. The molecule has 0 amide bonds. The van der Waals surface area contributed by atoms with Gasteiger partial charge in [-0.2, -0.15) is 0 Å². The Morgan fingerprint density at radius 2 is 2.11 bits per heavy atom. The third kappa shape index (κ3) is 3.49. The Hall–Kier alpha value is -1.02. The molecule has 0 saturated heterocycles. The standard InChI is InChI=1S/C16H26N2/c1-3-5-11-18(4-2)12-9-14-6-7-16-15(13-14)8-10-17-16/h6-7,13,17H,3-5,8-12H2,1-2H3. The number of fused-ring (bicyclic) bond motifs is 1. The summed E-state index contributed by atoms with van der Waals surface area (Å²) in [5, 5.41) is 3.42. The number of anilines is 1. The fraction of sp³-hybridized carbons (Fsp3) is 0.625. The molecule has 0 unspecified atom stereocenters. The average molecular weight is 246 g/mol. The van der Waals surface area contributed by atoms with E-state index < -0.39 is 0 Å². The number of benzene rings is 1. The first-order valence-corrected chi connectivity index (χ1v) is 7.41. The van der Waals surface area contributed by atoms with Crippen molar-refractivity contribution in [2.24, 2.45) is 0 Å². The molecule has 1 N–H and O–H groups in total. The summed E-state index contributed by atoms with van der Waals surface area (Å²) in [6.45, 7) is 9.26. The zero-order valence-electron chi connectivity index (χ0n) is 11.8. The van der Waals surface area contributed by atoms with Gasteiger partial charge in [0.25, 0.3) is 0 Å². The zero-order valence-corrected chi connectivity index (χ0v) is 11.8. The second kappa shape index (κ2) is 6.79. The molecule has 2 rings (SSSR count). The number of hydrogen-bond donors (Lipinski definition) is 1. The van der Waals surface area contributed by atoms with Gasteiger partial charge in [0.15, 0.2) is 0 Å². The smallest absolute Gasteiger partial charge is 0.0373 e. The molecule has 0 spiro atoms. The van der Waals surface area contributed by atoms with Crippen LogP contribution >= 0.6 is 0 Å². The molecule has 0 bridgehead atoms. The van der Waals surface area contributed by atoms with Crippen LogP contribution in [-0.4, -0.2) is 31.1 Å². The van der Waals surface area contributed by atoms with Gasteiger partial charge in [-0.05, 0) is 49.5 Å². The minimum absolute atomic E-state index is 1.11. The maximum atomic E-state index is 3.42. The van der Waals surface area contributed by atoms with Gasteiger partial charge in [0.2, 0.25) is 0 Å². The number of nitrogens with zero attached hydrogens (tertiary/aromatic N) is 1. The summed E-state index contributed by atoms with van der Waals surface area (Å²) in [5.74, 6) is 0. The Bertz CT molecular complexity index is 373. The molecule has 1 aromatic rings. The molecule has 0 radical (unpaired) electrons. The second-order valence-electron chi connectivity index (χ2n) is 5.21. The Kier molecular flexibility index (Phi) is 5.06. The first-order valence-electron chi connectivity index (χ1n) is 7.41. The van der Waals surface area contributed by atoms with E-state index in [0.717, 1.165) is 6.54 Å². The lowest BCUT2D eigenvalue weighted by molar-refractivity contribution is 0.287. The van der Waals surface area contributed by atoms with Crippen molar-refractivity contribution in [3.05, 3.63) is 29.3 Å². The van der Waals surface area contributed by atoms with Crippen molar-refractivity contribution in [2.75, 3.05) is 31.5 Å². The SMILES string of the molecule is CCCCN(CC)CCc1ccc2c(c1)CCN2. The summed E-state index contributed by atoms with van der Waals surface area (Å²) in [4.78, 5) is 2.56. The number of unbranched alkanes of at least 4 members (excludes halogenated alkanes) is 1. The van der Waals surface area contributed by atoms with E-state index in [-0.39, 0.29) is 0 Å². The summed E-state index contributed by atoms with van der Waals surface area (Å²) in [7, 11) is 0. The third-order valence-corrected chi connectivity index (χ3v) is 3.87. The summed E-state index contributed by atoms with van der Waals surface area (Å²) in [6.07, 6.45) is 4.99. The summed E-state index contributed by atoms with van der Waals surface area (Å²) in [6, 6.07) is 6.92. The Morgan fingerprint density at radius 1 is 1.22 bits per heavy atom. The van der Waals surface area contributed by atoms with Crippen LogP contribution in [0.3, 0.4) is 0 Å². The van der Waals surface area contributed by atoms with E-state index in [9.17, 15) is 0 Å². The number of nitrogens with one attached hydrogen (secondary N) is 1. The predicted octanol–water partition coefficient (Wildman–Crippen LogP) is 3.32. The Morgan fingerprint density at radius 3 is 2.89 bits per heavy atom. The van der Waals surface area contributed by atoms with E-state index in [1.54, 1.807) is 0 Å². The zero-order chi connectivity index (χ0) is 12.8. The minimum atomic E-state index is 1.11. The maximum Gasteiger partial charge on any atom is 0.0373 e. The largest absolute Gasteiger partial charge is 0.384 e. The number of hydrogen-bond acceptors (Lipinski definition) is 2. The van der Waals surface area contributed by atoms with Gasteiger partial charge >= 0.3 is 0 Å². The van der Waals surface area contributed by atoms with Crippen molar-refractivity contribution < 1.29 is 0 Å². The van der Waals surface area contributed by atoms with Gasteiger partial charge in [0.1, 0.15) is 0 Å². The molecule has 0 atom stereocenters. The second-order valence-corrected chi connectivity index (χ2v) is 5.21. The van der Waals surface area contributed by atoms with E-state index in [1.165, 1.54) is 62.1 Å². The van der Waals surface area contributed by atoms with E-state index in [2.05, 4.69) is 42.3 Å². The number of likely N-dealkylation sites (N-methyl/N-ethyl adjacent to an activating group) is 1. The molecule has 1 aromatic carbocycles. The van der Waals surface area contributed by atoms with Crippen LogP contribution in [0.25, 0.3) is 0 Å². The van der Waals surface area contributed by atoms with Gasteiger partial charge in [-0.15, -0.1) is 0 Å². The molecular weight excluding hydrogens is 220 g/mol. The highest BCUT2D eigenvalue weighted by Crippen LogP contribution is 2.23. The van der Waals surface area contributed by atoms with Crippen molar-refractivity contribution in [3.63, 3.8) is 0 Å². The molecule has 1 heterocycles.